The van der Waals surface area contributed by atoms with E-state index in [1.807, 2.05) is 23.8 Å². The molecular formula is C24H38IN5OS. The highest BCUT2D eigenvalue weighted by Crippen LogP contribution is 2.22. The van der Waals surface area contributed by atoms with Gasteiger partial charge in [0.05, 0.1) is 13.1 Å². The van der Waals surface area contributed by atoms with Gasteiger partial charge < -0.3 is 20.6 Å². The lowest BCUT2D eigenvalue weighted by molar-refractivity contribution is 0.0621. The molecule has 1 aliphatic heterocycles. The summed E-state index contributed by atoms with van der Waals surface area (Å²) in [4.78, 5) is 9.85. The molecule has 1 atom stereocenters. The minimum Gasteiger partial charge on any atom is -0.384 e. The second-order valence-corrected chi connectivity index (χ2v) is 9.09. The van der Waals surface area contributed by atoms with Gasteiger partial charge in [0.15, 0.2) is 5.96 Å². The van der Waals surface area contributed by atoms with Gasteiger partial charge in [0.2, 0.25) is 0 Å². The monoisotopic (exact) mass is 571 g/mol. The van der Waals surface area contributed by atoms with Crippen LogP contribution in [0.5, 0.6) is 0 Å². The van der Waals surface area contributed by atoms with Crippen LogP contribution < -0.4 is 10.6 Å². The van der Waals surface area contributed by atoms with Gasteiger partial charge in [-0.1, -0.05) is 31.2 Å². The fraction of sp³-hybridized carbons (Fsp3) is 0.542. The molecule has 0 radical (unpaired) electrons. The van der Waals surface area contributed by atoms with Crippen molar-refractivity contribution in [2.75, 3.05) is 45.8 Å². The van der Waals surface area contributed by atoms with E-state index in [4.69, 9.17) is 4.99 Å². The molecule has 1 fully saturated rings. The van der Waals surface area contributed by atoms with Crippen LogP contribution in [-0.4, -0.2) is 66.7 Å². The van der Waals surface area contributed by atoms with Crippen LogP contribution in [0.4, 0.5) is 0 Å². The number of benzene rings is 1. The van der Waals surface area contributed by atoms with Gasteiger partial charge in [-0.05, 0) is 53.9 Å². The Bertz CT molecular complexity index is 820. The predicted molar refractivity (Wildman–Crippen MR) is 146 cm³/mol. The van der Waals surface area contributed by atoms with E-state index >= 15 is 0 Å². The lowest BCUT2D eigenvalue weighted by atomic mass is 9.99. The molecule has 2 heterocycles. The van der Waals surface area contributed by atoms with Crippen molar-refractivity contribution in [3.05, 3.63) is 57.8 Å². The number of guanidine groups is 1. The fourth-order valence-electron chi connectivity index (χ4n) is 3.81. The summed E-state index contributed by atoms with van der Waals surface area (Å²) < 4.78 is 0. The Morgan fingerprint density at radius 2 is 1.75 bits per heavy atom. The molecule has 6 nitrogen and oxygen atoms in total. The van der Waals surface area contributed by atoms with E-state index in [0.717, 1.165) is 57.3 Å². The zero-order valence-electron chi connectivity index (χ0n) is 19.5. The van der Waals surface area contributed by atoms with E-state index in [9.17, 15) is 5.11 Å². The van der Waals surface area contributed by atoms with Gasteiger partial charge in [0.25, 0.3) is 0 Å². The molecule has 2 aromatic rings. The Hall–Kier alpha value is -1.20. The summed E-state index contributed by atoms with van der Waals surface area (Å²) in [6.45, 7) is 14.6. The van der Waals surface area contributed by atoms with Crippen molar-refractivity contribution in [2.24, 2.45) is 4.99 Å². The van der Waals surface area contributed by atoms with Crippen LogP contribution in [0.2, 0.25) is 0 Å². The van der Waals surface area contributed by atoms with Gasteiger partial charge >= 0.3 is 0 Å². The van der Waals surface area contributed by atoms with Crippen molar-refractivity contribution < 1.29 is 5.11 Å². The SMILES string of the molecule is CCNC(=NCc1ccccc1CN1CCN(CC)CC1)NCC(C)(O)c1ccsc1.I. The molecule has 0 amide bonds. The van der Waals surface area contributed by atoms with E-state index in [-0.39, 0.29) is 24.0 Å². The largest absolute Gasteiger partial charge is 0.384 e. The first-order valence-corrected chi connectivity index (χ1v) is 12.2. The first-order chi connectivity index (χ1) is 15.0. The number of halogens is 1. The average molecular weight is 572 g/mol. The van der Waals surface area contributed by atoms with Crippen LogP contribution in [0.1, 0.15) is 37.5 Å². The number of likely N-dealkylation sites (N-methyl/N-ethyl adjacent to an activating group) is 1. The van der Waals surface area contributed by atoms with Crippen LogP contribution in [-0.2, 0) is 18.7 Å². The topological polar surface area (TPSA) is 63.1 Å². The molecule has 178 valence electrons. The maximum atomic E-state index is 10.8. The minimum atomic E-state index is -0.936. The molecule has 1 aromatic heterocycles. The summed E-state index contributed by atoms with van der Waals surface area (Å²) in [5.74, 6) is 0.726. The second-order valence-electron chi connectivity index (χ2n) is 8.31. The molecule has 0 spiro atoms. The van der Waals surface area contributed by atoms with Gasteiger partial charge in [-0.25, -0.2) is 4.99 Å². The average Bonchev–Trinajstić information content (AvgIpc) is 3.33. The van der Waals surface area contributed by atoms with Crippen LogP contribution in [0.3, 0.4) is 0 Å². The number of thiophene rings is 1. The van der Waals surface area contributed by atoms with Gasteiger partial charge in [-0.3, -0.25) is 4.90 Å². The number of hydrogen-bond acceptors (Lipinski definition) is 5. The van der Waals surface area contributed by atoms with E-state index in [1.165, 1.54) is 11.1 Å². The molecule has 1 unspecified atom stereocenters. The highest BCUT2D eigenvalue weighted by molar-refractivity contribution is 14.0. The summed E-state index contributed by atoms with van der Waals surface area (Å²) in [5.41, 5.74) is 2.59. The van der Waals surface area contributed by atoms with Crippen LogP contribution in [0.25, 0.3) is 0 Å². The smallest absolute Gasteiger partial charge is 0.191 e. The summed E-state index contributed by atoms with van der Waals surface area (Å²) in [7, 11) is 0. The molecule has 0 bridgehead atoms. The number of nitrogens with one attached hydrogen (secondary N) is 2. The molecule has 3 N–H and O–H groups in total. The van der Waals surface area contributed by atoms with E-state index in [2.05, 4.69) is 58.5 Å². The number of hydrogen-bond donors (Lipinski definition) is 3. The Kier molecular flexibility index (Phi) is 11.4. The van der Waals surface area contributed by atoms with Gasteiger partial charge in [-0.15, -0.1) is 24.0 Å². The van der Waals surface area contributed by atoms with Crippen molar-refractivity contribution in [3.8, 4) is 0 Å². The molecule has 1 aliphatic rings. The summed E-state index contributed by atoms with van der Waals surface area (Å²) in [5, 5.41) is 21.4. The molecule has 1 saturated heterocycles. The third kappa shape index (κ3) is 7.98. The first kappa shape index (κ1) is 27.0. The number of rotatable bonds is 9. The number of piperazine rings is 1. The normalized spacial score (nSPS) is 17.4. The predicted octanol–water partition coefficient (Wildman–Crippen LogP) is 3.47. The maximum absolute atomic E-state index is 10.8. The van der Waals surface area contributed by atoms with Gasteiger partial charge in [0.1, 0.15) is 5.60 Å². The van der Waals surface area contributed by atoms with Crippen LogP contribution in [0.15, 0.2) is 46.1 Å². The molecule has 1 aromatic carbocycles. The Labute approximate surface area is 214 Å². The van der Waals surface area contributed by atoms with Crippen molar-refractivity contribution in [1.29, 1.82) is 0 Å². The zero-order valence-corrected chi connectivity index (χ0v) is 22.7. The molecule has 8 heteroatoms. The van der Waals surface area contributed by atoms with E-state index in [1.54, 1.807) is 11.3 Å². The highest BCUT2D eigenvalue weighted by Gasteiger charge is 2.23. The van der Waals surface area contributed by atoms with Crippen LogP contribution >= 0.6 is 35.3 Å². The molecular weight excluding hydrogens is 533 g/mol. The molecule has 0 aliphatic carbocycles. The third-order valence-electron chi connectivity index (χ3n) is 5.92. The number of aliphatic imine (C=N–C) groups is 1. The zero-order chi connectivity index (χ0) is 22.1. The van der Waals surface area contributed by atoms with Crippen molar-refractivity contribution in [2.45, 2.75) is 39.5 Å². The van der Waals surface area contributed by atoms with E-state index in [0.29, 0.717) is 13.1 Å². The highest BCUT2D eigenvalue weighted by atomic mass is 127. The second kappa shape index (κ2) is 13.5. The van der Waals surface area contributed by atoms with E-state index < -0.39 is 5.60 Å². The Balaban J connectivity index is 0.00000363. The van der Waals surface area contributed by atoms with Gasteiger partial charge in [0, 0.05) is 39.3 Å². The maximum Gasteiger partial charge on any atom is 0.191 e. The standard InChI is InChI=1S/C24H37N5OS.HI/c1-4-25-23(27-19-24(3,30)22-10-15-31-18-22)26-16-20-8-6-7-9-21(20)17-29-13-11-28(5-2)12-14-29;/h6-10,15,18,30H,4-5,11-14,16-17,19H2,1-3H3,(H2,25,26,27);1H. The minimum absolute atomic E-state index is 0. The molecule has 0 saturated carbocycles. The lowest BCUT2D eigenvalue weighted by Crippen LogP contribution is -2.45. The lowest BCUT2D eigenvalue weighted by Gasteiger charge is -2.34. The van der Waals surface area contributed by atoms with Crippen molar-refractivity contribution in [1.82, 2.24) is 20.4 Å². The van der Waals surface area contributed by atoms with Gasteiger partial charge in [-0.2, -0.15) is 11.3 Å². The first-order valence-electron chi connectivity index (χ1n) is 11.3. The van der Waals surface area contributed by atoms with Crippen molar-refractivity contribution in [3.63, 3.8) is 0 Å². The summed E-state index contributed by atoms with van der Waals surface area (Å²) >= 11 is 1.60. The summed E-state index contributed by atoms with van der Waals surface area (Å²) in [6.07, 6.45) is 0. The summed E-state index contributed by atoms with van der Waals surface area (Å²) in [6, 6.07) is 10.6. The third-order valence-corrected chi connectivity index (χ3v) is 6.60. The molecule has 32 heavy (non-hydrogen) atoms. The fourth-order valence-corrected chi connectivity index (χ4v) is 4.59. The molecule has 3 rings (SSSR count). The number of aliphatic hydroxyl groups is 1. The number of nitrogens with zero attached hydrogens (tertiary/aromatic N) is 3. The van der Waals surface area contributed by atoms with Crippen molar-refractivity contribution >= 4 is 41.3 Å². The Morgan fingerprint density at radius 1 is 1.06 bits per heavy atom. The Morgan fingerprint density at radius 3 is 2.38 bits per heavy atom. The quantitative estimate of drug-likeness (QED) is 0.245. The van der Waals surface area contributed by atoms with Crippen LogP contribution in [0, 0.1) is 0 Å².